The van der Waals surface area contributed by atoms with Gasteiger partial charge in [0, 0.05) is 13.1 Å². The summed E-state index contributed by atoms with van der Waals surface area (Å²) in [7, 11) is -1.05. The molecule has 132 valence electrons. The molecule has 0 aliphatic carbocycles. The molecule has 0 spiro atoms. The van der Waals surface area contributed by atoms with Gasteiger partial charge in [0.25, 0.3) is 15.9 Å². The Morgan fingerprint density at radius 1 is 1.12 bits per heavy atom. The second kappa shape index (κ2) is 6.52. The second-order valence-electron chi connectivity index (χ2n) is 5.11. The molecule has 8 nitrogen and oxygen atoms in total. The van der Waals surface area contributed by atoms with E-state index in [0.29, 0.717) is 17.2 Å². The maximum atomic E-state index is 12.6. The summed E-state index contributed by atoms with van der Waals surface area (Å²) in [5, 5.41) is 2.45. The van der Waals surface area contributed by atoms with Crippen LogP contribution in [0.1, 0.15) is 10.4 Å². The fourth-order valence-electron chi connectivity index (χ4n) is 2.34. The van der Waals surface area contributed by atoms with Crippen LogP contribution in [0.4, 0.5) is 5.69 Å². The average Bonchev–Trinajstić information content (AvgIpc) is 3.07. The molecule has 0 fully saturated rings. The number of amides is 1. The van der Waals surface area contributed by atoms with Crippen molar-refractivity contribution >= 4 is 21.6 Å². The van der Waals surface area contributed by atoms with E-state index in [2.05, 4.69) is 10.0 Å². The lowest BCUT2D eigenvalue weighted by atomic mass is 10.2. The number of fused-ring (bicyclic) bond motifs is 1. The normalized spacial score (nSPS) is 12.6. The predicted molar refractivity (Wildman–Crippen MR) is 89.8 cm³/mol. The van der Waals surface area contributed by atoms with Gasteiger partial charge in [-0.3, -0.25) is 9.52 Å². The molecule has 0 saturated carbocycles. The van der Waals surface area contributed by atoms with E-state index in [1.165, 1.54) is 38.4 Å². The number of hydrogen-bond donors (Lipinski definition) is 2. The number of rotatable bonds is 5. The molecule has 1 aliphatic rings. The van der Waals surface area contributed by atoms with E-state index in [0.717, 1.165) is 0 Å². The van der Waals surface area contributed by atoms with E-state index in [-0.39, 0.29) is 23.0 Å². The molecular weight excluding hydrogens is 348 g/mol. The minimum Gasteiger partial charge on any atom is -0.496 e. The van der Waals surface area contributed by atoms with Gasteiger partial charge in [0.1, 0.15) is 5.75 Å². The molecule has 2 aromatic rings. The van der Waals surface area contributed by atoms with E-state index in [1.54, 1.807) is 12.1 Å². The van der Waals surface area contributed by atoms with E-state index >= 15 is 0 Å². The van der Waals surface area contributed by atoms with Crippen LogP contribution in [-0.2, 0) is 10.0 Å². The maximum absolute atomic E-state index is 12.6. The lowest BCUT2D eigenvalue weighted by Crippen LogP contribution is -2.20. The molecular formula is C16H16N2O6S. The van der Waals surface area contributed by atoms with Crippen LogP contribution >= 0.6 is 0 Å². The van der Waals surface area contributed by atoms with Crippen LogP contribution in [0.5, 0.6) is 17.2 Å². The van der Waals surface area contributed by atoms with Crippen molar-refractivity contribution in [3.63, 3.8) is 0 Å². The molecule has 1 heterocycles. The number of anilines is 1. The van der Waals surface area contributed by atoms with Crippen molar-refractivity contribution in [2.24, 2.45) is 0 Å². The molecule has 0 bridgehead atoms. The summed E-state index contributed by atoms with van der Waals surface area (Å²) in [4.78, 5) is 11.9. The smallest absolute Gasteiger partial charge is 0.261 e. The topological polar surface area (TPSA) is 103 Å². The lowest BCUT2D eigenvalue weighted by Gasteiger charge is -2.12. The largest absolute Gasteiger partial charge is 0.496 e. The Morgan fingerprint density at radius 2 is 1.88 bits per heavy atom. The van der Waals surface area contributed by atoms with Crippen LogP contribution in [0.25, 0.3) is 0 Å². The molecule has 0 unspecified atom stereocenters. The third kappa shape index (κ3) is 3.31. The van der Waals surface area contributed by atoms with Crippen LogP contribution in [0.15, 0.2) is 41.3 Å². The zero-order valence-corrected chi connectivity index (χ0v) is 14.3. The standard InChI is InChI=1S/C16H16N2O6S/c1-17-16(19)12-8-11(4-6-13(12)22-2)25(20,21)18-10-3-5-14-15(7-10)24-9-23-14/h3-8,18H,9H2,1-2H3,(H,17,19). The highest BCUT2D eigenvalue weighted by atomic mass is 32.2. The average molecular weight is 364 g/mol. The van der Waals surface area contributed by atoms with Gasteiger partial charge in [-0.05, 0) is 30.3 Å². The second-order valence-corrected chi connectivity index (χ2v) is 6.80. The van der Waals surface area contributed by atoms with Crippen molar-refractivity contribution in [2.75, 3.05) is 25.7 Å². The number of methoxy groups -OCH3 is 1. The molecule has 9 heteroatoms. The summed E-state index contributed by atoms with van der Waals surface area (Å²) >= 11 is 0. The number of sulfonamides is 1. The van der Waals surface area contributed by atoms with E-state index in [4.69, 9.17) is 14.2 Å². The molecule has 1 amide bonds. The van der Waals surface area contributed by atoms with Crippen LogP contribution in [-0.4, -0.2) is 35.3 Å². The Balaban J connectivity index is 1.93. The van der Waals surface area contributed by atoms with Gasteiger partial charge in [-0.15, -0.1) is 0 Å². The number of benzene rings is 2. The molecule has 0 aromatic heterocycles. The summed E-state index contributed by atoms with van der Waals surface area (Å²) in [5.74, 6) is 0.841. The highest BCUT2D eigenvalue weighted by Crippen LogP contribution is 2.35. The van der Waals surface area contributed by atoms with Gasteiger partial charge in [0.2, 0.25) is 6.79 Å². The third-order valence-electron chi connectivity index (χ3n) is 3.58. The van der Waals surface area contributed by atoms with Crippen LogP contribution < -0.4 is 24.2 Å². The van der Waals surface area contributed by atoms with Gasteiger partial charge in [0.05, 0.1) is 23.3 Å². The van der Waals surface area contributed by atoms with Gasteiger partial charge in [0.15, 0.2) is 11.5 Å². The van der Waals surface area contributed by atoms with Crippen molar-refractivity contribution in [1.82, 2.24) is 5.32 Å². The summed E-state index contributed by atoms with van der Waals surface area (Å²) in [5.41, 5.74) is 0.445. The Labute approximate surface area is 144 Å². The van der Waals surface area contributed by atoms with Crippen molar-refractivity contribution in [3.8, 4) is 17.2 Å². The molecule has 25 heavy (non-hydrogen) atoms. The van der Waals surface area contributed by atoms with Crippen molar-refractivity contribution < 1.29 is 27.4 Å². The third-order valence-corrected chi connectivity index (χ3v) is 4.96. The van der Waals surface area contributed by atoms with Crippen molar-refractivity contribution in [1.29, 1.82) is 0 Å². The zero-order chi connectivity index (χ0) is 18.0. The van der Waals surface area contributed by atoms with Crippen LogP contribution in [0.3, 0.4) is 0 Å². The van der Waals surface area contributed by atoms with Gasteiger partial charge in [-0.25, -0.2) is 8.42 Å². The Morgan fingerprint density at radius 3 is 2.60 bits per heavy atom. The molecule has 0 atom stereocenters. The quantitative estimate of drug-likeness (QED) is 0.835. The van der Waals surface area contributed by atoms with Crippen LogP contribution in [0.2, 0.25) is 0 Å². The Bertz CT molecular complexity index is 926. The van der Waals surface area contributed by atoms with E-state index in [1.807, 2.05) is 0 Å². The monoisotopic (exact) mass is 364 g/mol. The predicted octanol–water partition coefficient (Wildman–Crippen LogP) is 1.58. The minimum atomic E-state index is -3.90. The highest BCUT2D eigenvalue weighted by Gasteiger charge is 2.21. The van der Waals surface area contributed by atoms with E-state index in [9.17, 15) is 13.2 Å². The number of carbonyl (C=O) groups excluding carboxylic acids is 1. The lowest BCUT2D eigenvalue weighted by molar-refractivity contribution is 0.0960. The van der Waals surface area contributed by atoms with Gasteiger partial charge >= 0.3 is 0 Å². The van der Waals surface area contributed by atoms with E-state index < -0.39 is 15.9 Å². The highest BCUT2D eigenvalue weighted by molar-refractivity contribution is 7.92. The molecule has 0 radical (unpaired) electrons. The molecule has 2 N–H and O–H groups in total. The van der Waals surface area contributed by atoms with Crippen molar-refractivity contribution in [2.45, 2.75) is 4.90 Å². The first kappa shape index (κ1) is 16.9. The fourth-order valence-corrected chi connectivity index (χ4v) is 3.42. The van der Waals surface area contributed by atoms with Gasteiger partial charge in [-0.2, -0.15) is 0 Å². The van der Waals surface area contributed by atoms with Gasteiger partial charge < -0.3 is 19.5 Å². The maximum Gasteiger partial charge on any atom is 0.261 e. The first-order valence-corrected chi connectivity index (χ1v) is 8.75. The first-order chi connectivity index (χ1) is 11.9. The Kier molecular flexibility index (Phi) is 4.41. The molecule has 0 saturated heterocycles. The molecule has 1 aliphatic heterocycles. The summed E-state index contributed by atoms with van der Waals surface area (Å²) < 4.78 is 43.2. The summed E-state index contributed by atoms with van der Waals surface area (Å²) in [6, 6.07) is 8.76. The SMILES string of the molecule is CNC(=O)c1cc(S(=O)(=O)Nc2ccc3c(c2)OCO3)ccc1OC. The van der Waals surface area contributed by atoms with Crippen LogP contribution in [0, 0.1) is 0 Å². The first-order valence-electron chi connectivity index (χ1n) is 7.27. The summed E-state index contributed by atoms with van der Waals surface area (Å²) in [6.07, 6.45) is 0. The van der Waals surface area contributed by atoms with Gasteiger partial charge in [-0.1, -0.05) is 0 Å². The minimum absolute atomic E-state index is 0.0652. The Hall–Kier alpha value is -2.94. The number of nitrogens with one attached hydrogen (secondary N) is 2. The zero-order valence-electron chi connectivity index (χ0n) is 13.5. The molecule has 3 rings (SSSR count). The number of hydrogen-bond acceptors (Lipinski definition) is 6. The van der Waals surface area contributed by atoms with Crippen molar-refractivity contribution in [3.05, 3.63) is 42.0 Å². The number of carbonyl (C=O) groups is 1. The molecule has 2 aromatic carbocycles. The fraction of sp³-hybridized carbons (Fsp3) is 0.188. The summed E-state index contributed by atoms with van der Waals surface area (Å²) in [6.45, 7) is 0.0967. The number of ether oxygens (including phenoxy) is 3.